The molecule has 0 bridgehead atoms. The number of aliphatic hydroxyl groups is 1. The molecule has 1 aromatic carbocycles. The van der Waals surface area contributed by atoms with Gasteiger partial charge in [-0.1, -0.05) is 15.9 Å². The van der Waals surface area contributed by atoms with Gasteiger partial charge in [-0.15, -0.1) is 0 Å². The molecule has 2 heterocycles. The van der Waals surface area contributed by atoms with Crippen LogP contribution >= 0.6 is 15.9 Å². The molecule has 2 aromatic rings. The fourth-order valence-electron chi connectivity index (χ4n) is 2.98. The predicted molar refractivity (Wildman–Crippen MR) is 98.6 cm³/mol. The average Bonchev–Trinajstić information content (AvgIpc) is 3.28. The highest BCUT2D eigenvalue weighted by Gasteiger charge is 2.22. The van der Waals surface area contributed by atoms with Gasteiger partial charge in [0.2, 0.25) is 0 Å². The Hall–Kier alpha value is -1.34. The number of benzene rings is 1. The van der Waals surface area contributed by atoms with Gasteiger partial charge in [-0.2, -0.15) is 0 Å². The van der Waals surface area contributed by atoms with Crippen LogP contribution in [-0.4, -0.2) is 48.5 Å². The van der Waals surface area contributed by atoms with Crippen molar-refractivity contribution < 1.29 is 19.0 Å². The second-order valence-electron chi connectivity index (χ2n) is 6.33. The van der Waals surface area contributed by atoms with Crippen LogP contribution < -0.4 is 4.74 Å². The number of hydrogen-bond acceptors (Lipinski definition) is 5. The number of halogens is 1. The summed E-state index contributed by atoms with van der Waals surface area (Å²) in [5, 5.41) is 10.4. The summed E-state index contributed by atoms with van der Waals surface area (Å²) in [6.07, 6.45) is 3.50. The lowest BCUT2D eigenvalue weighted by Gasteiger charge is -2.26. The van der Waals surface area contributed by atoms with Crippen LogP contribution in [0.3, 0.4) is 0 Å². The summed E-state index contributed by atoms with van der Waals surface area (Å²) in [5.41, 5.74) is 0. The molecule has 25 heavy (non-hydrogen) atoms. The summed E-state index contributed by atoms with van der Waals surface area (Å²) in [4.78, 5) is 2.17. The van der Waals surface area contributed by atoms with Gasteiger partial charge >= 0.3 is 0 Å². The maximum atomic E-state index is 10.4. The van der Waals surface area contributed by atoms with Crippen molar-refractivity contribution in [1.29, 1.82) is 0 Å². The topological polar surface area (TPSA) is 55.1 Å². The molecule has 1 aliphatic heterocycles. The second kappa shape index (κ2) is 9.38. The summed E-state index contributed by atoms with van der Waals surface area (Å²) in [7, 11) is 0. The molecule has 0 spiro atoms. The van der Waals surface area contributed by atoms with E-state index in [-0.39, 0.29) is 12.7 Å². The summed E-state index contributed by atoms with van der Waals surface area (Å²) in [6.45, 7) is 3.03. The molecule has 1 aromatic heterocycles. The fourth-order valence-corrected chi connectivity index (χ4v) is 3.24. The van der Waals surface area contributed by atoms with Gasteiger partial charge < -0.3 is 19.0 Å². The normalized spacial score (nSPS) is 18.6. The Morgan fingerprint density at radius 1 is 1.28 bits per heavy atom. The van der Waals surface area contributed by atoms with Gasteiger partial charge in [-0.25, -0.2) is 0 Å². The lowest BCUT2D eigenvalue weighted by molar-refractivity contribution is 0.0290. The minimum absolute atomic E-state index is 0.231. The molecular formula is C19H24BrNO4. The summed E-state index contributed by atoms with van der Waals surface area (Å²) < 4.78 is 17.9. The third-order valence-corrected chi connectivity index (χ3v) is 4.70. The number of ether oxygens (including phenoxy) is 2. The highest BCUT2D eigenvalue weighted by atomic mass is 79.9. The number of nitrogens with zero attached hydrogens (tertiary/aromatic N) is 1. The number of furan rings is 1. The Kier molecular flexibility index (Phi) is 6.93. The van der Waals surface area contributed by atoms with E-state index < -0.39 is 6.10 Å². The van der Waals surface area contributed by atoms with Gasteiger partial charge in [0.1, 0.15) is 24.2 Å². The third-order valence-electron chi connectivity index (χ3n) is 4.17. The number of aliphatic hydroxyl groups excluding tert-OH is 1. The second-order valence-corrected chi connectivity index (χ2v) is 7.24. The predicted octanol–water partition coefficient (Wildman–Crippen LogP) is 3.46. The van der Waals surface area contributed by atoms with Gasteiger partial charge in [0, 0.05) is 24.2 Å². The van der Waals surface area contributed by atoms with E-state index in [2.05, 4.69) is 20.8 Å². The van der Waals surface area contributed by atoms with E-state index >= 15 is 0 Å². The Balaban J connectivity index is 1.51. The molecular weight excluding hydrogens is 386 g/mol. The SMILES string of the molecule is OC(COc1ccc(Br)cc1)CN(Cc1ccco1)CC1CCCO1. The Morgan fingerprint density at radius 2 is 2.12 bits per heavy atom. The minimum Gasteiger partial charge on any atom is -0.491 e. The van der Waals surface area contributed by atoms with Gasteiger partial charge in [-0.05, 0) is 49.2 Å². The first-order valence-electron chi connectivity index (χ1n) is 8.62. The van der Waals surface area contributed by atoms with Crippen LogP contribution in [0, 0.1) is 0 Å². The summed E-state index contributed by atoms with van der Waals surface area (Å²) in [5.74, 6) is 1.64. The number of rotatable bonds is 9. The van der Waals surface area contributed by atoms with Gasteiger partial charge in [0.25, 0.3) is 0 Å². The lowest BCUT2D eigenvalue weighted by Crippen LogP contribution is -2.39. The lowest BCUT2D eigenvalue weighted by atomic mass is 10.2. The molecule has 0 radical (unpaired) electrons. The van der Waals surface area contributed by atoms with Crippen molar-refractivity contribution in [1.82, 2.24) is 4.90 Å². The Labute approximate surface area is 156 Å². The maximum Gasteiger partial charge on any atom is 0.119 e. The molecule has 2 unspecified atom stereocenters. The molecule has 0 aliphatic carbocycles. The first-order valence-corrected chi connectivity index (χ1v) is 9.41. The van der Waals surface area contributed by atoms with Crippen molar-refractivity contribution in [3.05, 3.63) is 52.9 Å². The zero-order chi connectivity index (χ0) is 17.5. The third kappa shape index (κ3) is 6.15. The molecule has 3 rings (SSSR count). The molecule has 5 nitrogen and oxygen atoms in total. The number of hydrogen-bond donors (Lipinski definition) is 1. The Bertz CT molecular complexity index is 611. The largest absolute Gasteiger partial charge is 0.491 e. The van der Waals surface area contributed by atoms with Crippen molar-refractivity contribution >= 4 is 15.9 Å². The van der Waals surface area contributed by atoms with Crippen molar-refractivity contribution in [2.45, 2.75) is 31.6 Å². The monoisotopic (exact) mass is 409 g/mol. The zero-order valence-corrected chi connectivity index (χ0v) is 15.7. The van der Waals surface area contributed by atoms with Crippen LogP contribution in [0.25, 0.3) is 0 Å². The summed E-state index contributed by atoms with van der Waals surface area (Å²) in [6, 6.07) is 11.4. The van der Waals surface area contributed by atoms with E-state index in [0.29, 0.717) is 13.1 Å². The first-order chi connectivity index (χ1) is 12.2. The molecule has 0 saturated carbocycles. The minimum atomic E-state index is -0.583. The van der Waals surface area contributed by atoms with Crippen molar-refractivity contribution in [2.24, 2.45) is 0 Å². The highest BCUT2D eigenvalue weighted by Crippen LogP contribution is 2.18. The van der Waals surface area contributed by atoms with E-state index in [9.17, 15) is 5.11 Å². The molecule has 136 valence electrons. The van der Waals surface area contributed by atoms with Crippen LogP contribution in [0.5, 0.6) is 5.75 Å². The van der Waals surface area contributed by atoms with Crippen LogP contribution in [0.4, 0.5) is 0 Å². The molecule has 0 amide bonds. The van der Waals surface area contributed by atoms with Crippen LogP contribution in [-0.2, 0) is 11.3 Å². The maximum absolute atomic E-state index is 10.4. The van der Waals surface area contributed by atoms with E-state index in [1.807, 2.05) is 36.4 Å². The van der Waals surface area contributed by atoms with Gasteiger partial charge in [-0.3, -0.25) is 4.90 Å². The smallest absolute Gasteiger partial charge is 0.119 e. The summed E-state index contributed by atoms with van der Waals surface area (Å²) >= 11 is 3.40. The fraction of sp³-hybridized carbons (Fsp3) is 0.474. The quantitative estimate of drug-likeness (QED) is 0.686. The van der Waals surface area contributed by atoms with Crippen molar-refractivity contribution in [3.8, 4) is 5.75 Å². The van der Waals surface area contributed by atoms with Crippen molar-refractivity contribution in [3.63, 3.8) is 0 Å². The molecule has 1 N–H and O–H groups in total. The van der Waals surface area contributed by atoms with Crippen LogP contribution in [0.1, 0.15) is 18.6 Å². The van der Waals surface area contributed by atoms with Crippen LogP contribution in [0.15, 0.2) is 51.6 Å². The molecule has 6 heteroatoms. The van der Waals surface area contributed by atoms with Gasteiger partial charge in [0.05, 0.1) is 18.9 Å². The van der Waals surface area contributed by atoms with E-state index in [0.717, 1.165) is 42.0 Å². The van der Waals surface area contributed by atoms with E-state index in [4.69, 9.17) is 13.9 Å². The average molecular weight is 410 g/mol. The first kappa shape index (κ1) is 18.5. The molecule has 1 saturated heterocycles. The molecule has 1 aliphatic rings. The molecule has 1 fully saturated rings. The molecule has 2 atom stereocenters. The van der Waals surface area contributed by atoms with Crippen molar-refractivity contribution in [2.75, 3.05) is 26.3 Å². The van der Waals surface area contributed by atoms with Gasteiger partial charge in [0.15, 0.2) is 0 Å². The Morgan fingerprint density at radius 3 is 2.80 bits per heavy atom. The standard InChI is InChI=1S/C19H24BrNO4/c20-15-5-7-17(8-6-15)25-14-16(22)11-21(12-18-3-1-9-23-18)13-19-4-2-10-24-19/h1,3,5-9,16,19,22H,2,4,10-14H2. The highest BCUT2D eigenvalue weighted by molar-refractivity contribution is 9.10. The van der Waals surface area contributed by atoms with E-state index in [1.165, 1.54) is 0 Å². The van der Waals surface area contributed by atoms with Crippen LogP contribution in [0.2, 0.25) is 0 Å². The van der Waals surface area contributed by atoms with E-state index in [1.54, 1.807) is 6.26 Å². The zero-order valence-electron chi connectivity index (χ0n) is 14.1.